The molecular weight excluding hydrogens is 349 g/mol. The van der Waals surface area contributed by atoms with Gasteiger partial charge >= 0.3 is 12.5 Å². The van der Waals surface area contributed by atoms with Gasteiger partial charge in [-0.25, -0.2) is 4.79 Å². The molecule has 1 N–H and O–H groups in total. The Morgan fingerprint density at radius 3 is 2.25 bits per heavy atom. The first-order valence-corrected chi connectivity index (χ1v) is 7.07. The Labute approximate surface area is 142 Å². The van der Waals surface area contributed by atoms with Crippen molar-refractivity contribution in [1.29, 1.82) is 0 Å². The molecule has 2 aliphatic rings. The lowest BCUT2D eigenvalue weighted by Gasteiger charge is -2.18. The molecular formula is C15H16ClF3N2O3. The van der Waals surface area contributed by atoms with E-state index in [4.69, 9.17) is 4.74 Å². The van der Waals surface area contributed by atoms with Crippen molar-refractivity contribution in [3.8, 4) is 5.75 Å². The summed E-state index contributed by atoms with van der Waals surface area (Å²) < 4.78 is 45.2. The van der Waals surface area contributed by atoms with Crippen molar-refractivity contribution in [1.82, 2.24) is 10.2 Å². The molecule has 2 aliphatic heterocycles. The summed E-state index contributed by atoms with van der Waals surface area (Å²) in [6, 6.07) is 5.24. The quantitative estimate of drug-likeness (QED) is 0.838. The molecule has 9 heteroatoms. The molecule has 0 bridgehead atoms. The van der Waals surface area contributed by atoms with Crippen LogP contribution in [0.4, 0.5) is 18.0 Å². The van der Waals surface area contributed by atoms with Crippen LogP contribution >= 0.6 is 12.4 Å². The van der Waals surface area contributed by atoms with Crippen molar-refractivity contribution in [2.45, 2.75) is 13.0 Å². The van der Waals surface area contributed by atoms with E-state index in [1.165, 1.54) is 35.4 Å². The van der Waals surface area contributed by atoms with Gasteiger partial charge in [0, 0.05) is 26.2 Å². The van der Waals surface area contributed by atoms with Crippen LogP contribution in [0.1, 0.15) is 5.56 Å². The fourth-order valence-electron chi connectivity index (χ4n) is 2.62. The number of carbonyl (C=O) groups excluding carboxylic acids is 1. The number of rotatable bonds is 3. The summed E-state index contributed by atoms with van der Waals surface area (Å²) in [5, 5.41) is 3.22. The largest absolute Gasteiger partial charge is 0.573 e. The third-order valence-corrected chi connectivity index (χ3v) is 3.72. The Kier molecular flexibility index (Phi) is 5.61. The van der Waals surface area contributed by atoms with Crippen molar-refractivity contribution in [2.24, 2.45) is 0 Å². The van der Waals surface area contributed by atoms with Gasteiger partial charge in [-0.2, -0.15) is 0 Å². The van der Waals surface area contributed by atoms with Gasteiger partial charge in [0.1, 0.15) is 12.4 Å². The number of carbonyl (C=O) groups is 1. The van der Waals surface area contributed by atoms with Gasteiger partial charge in [0.05, 0.1) is 0 Å². The molecule has 2 heterocycles. The third kappa shape index (κ3) is 4.55. The zero-order chi connectivity index (χ0) is 16.4. The topological polar surface area (TPSA) is 50.8 Å². The van der Waals surface area contributed by atoms with E-state index < -0.39 is 12.5 Å². The number of hydrogen-bond donors (Lipinski definition) is 1. The van der Waals surface area contributed by atoms with Gasteiger partial charge in [0.2, 0.25) is 0 Å². The number of hydrogen-bond acceptors (Lipinski definition) is 4. The van der Waals surface area contributed by atoms with E-state index in [2.05, 4.69) is 10.1 Å². The minimum atomic E-state index is -4.72. The van der Waals surface area contributed by atoms with Crippen LogP contribution in [0.3, 0.4) is 0 Å². The second-order valence-electron chi connectivity index (χ2n) is 5.41. The number of nitrogens with zero attached hydrogens (tertiary/aromatic N) is 1. The average Bonchev–Trinajstić information content (AvgIpc) is 3.05. The molecule has 1 aromatic rings. The zero-order valence-corrected chi connectivity index (χ0v) is 13.4. The first-order valence-electron chi connectivity index (χ1n) is 7.07. The normalized spacial score (nSPS) is 16.7. The van der Waals surface area contributed by atoms with E-state index in [0.29, 0.717) is 18.7 Å². The third-order valence-electron chi connectivity index (χ3n) is 3.72. The van der Waals surface area contributed by atoms with Gasteiger partial charge < -0.3 is 19.7 Å². The first-order chi connectivity index (χ1) is 10.9. The molecule has 5 nitrogen and oxygen atoms in total. The van der Waals surface area contributed by atoms with Crippen molar-refractivity contribution in [3.05, 3.63) is 41.0 Å². The van der Waals surface area contributed by atoms with E-state index in [-0.39, 0.29) is 24.8 Å². The monoisotopic (exact) mass is 364 g/mol. The Morgan fingerprint density at radius 1 is 1.12 bits per heavy atom. The summed E-state index contributed by atoms with van der Waals surface area (Å²) in [5.41, 5.74) is 3.06. The molecule has 24 heavy (non-hydrogen) atoms. The number of ether oxygens (including phenoxy) is 2. The van der Waals surface area contributed by atoms with Crippen LogP contribution in [0.25, 0.3) is 0 Å². The minimum absolute atomic E-state index is 0. The van der Waals surface area contributed by atoms with Crippen LogP contribution < -0.4 is 10.1 Å². The number of benzene rings is 1. The fraction of sp³-hybridized carbons (Fsp3) is 0.400. The molecule has 0 aliphatic carbocycles. The molecule has 1 amide bonds. The minimum Gasteiger partial charge on any atom is -0.445 e. The van der Waals surface area contributed by atoms with Gasteiger partial charge in [0.25, 0.3) is 0 Å². The van der Waals surface area contributed by atoms with E-state index >= 15 is 0 Å². The summed E-state index contributed by atoms with van der Waals surface area (Å²) in [6.45, 7) is 2.75. The van der Waals surface area contributed by atoms with Crippen molar-refractivity contribution in [2.75, 3.05) is 26.2 Å². The van der Waals surface area contributed by atoms with Crippen molar-refractivity contribution < 1.29 is 27.4 Å². The number of nitrogens with one attached hydrogen (secondary N) is 1. The molecule has 0 radical (unpaired) electrons. The first kappa shape index (κ1) is 18.4. The molecule has 1 aromatic carbocycles. The molecule has 0 aromatic heterocycles. The van der Waals surface area contributed by atoms with Gasteiger partial charge in [0.15, 0.2) is 0 Å². The van der Waals surface area contributed by atoms with E-state index in [1.54, 1.807) is 4.90 Å². The van der Waals surface area contributed by atoms with Crippen LogP contribution in [0.5, 0.6) is 5.75 Å². The summed E-state index contributed by atoms with van der Waals surface area (Å²) in [6.07, 6.45) is -5.14. The molecule has 0 atom stereocenters. The van der Waals surface area contributed by atoms with Crippen LogP contribution in [0.15, 0.2) is 35.4 Å². The Morgan fingerprint density at radius 2 is 1.71 bits per heavy atom. The fourth-order valence-corrected chi connectivity index (χ4v) is 2.62. The summed E-state index contributed by atoms with van der Waals surface area (Å²) in [7, 11) is 0. The lowest BCUT2D eigenvalue weighted by Crippen LogP contribution is -2.32. The highest BCUT2D eigenvalue weighted by Crippen LogP contribution is 2.24. The lowest BCUT2D eigenvalue weighted by atomic mass is 10.2. The smallest absolute Gasteiger partial charge is 0.445 e. The molecule has 132 valence electrons. The Hall–Kier alpha value is -1.93. The van der Waals surface area contributed by atoms with Crippen LogP contribution in [-0.2, 0) is 11.3 Å². The molecule has 0 unspecified atom stereocenters. The summed E-state index contributed by atoms with van der Waals surface area (Å²) >= 11 is 0. The molecule has 0 fully saturated rings. The number of halogens is 4. The highest BCUT2D eigenvalue weighted by Gasteiger charge is 2.31. The maximum Gasteiger partial charge on any atom is 0.573 e. The average molecular weight is 365 g/mol. The second-order valence-corrected chi connectivity index (χ2v) is 5.41. The molecule has 3 rings (SSSR count). The van der Waals surface area contributed by atoms with Crippen molar-refractivity contribution >= 4 is 18.5 Å². The predicted octanol–water partition coefficient (Wildman–Crippen LogP) is 2.86. The van der Waals surface area contributed by atoms with Crippen LogP contribution in [0, 0.1) is 0 Å². The van der Waals surface area contributed by atoms with Gasteiger partial charge in [-0.1, -0.05) is 12.1 Å². The van der Waals surface area contributed by atoms with Gasteiger partial charge in [-0.05, 0) is 28.8 Å². The van der Waals surface area contributed by atoms with Crippen LogP contribution in [-0.4, -0.2) is 43.5 Å². The van der Waals surface area contributed by atoms with Gasteiger partial charge in [-0.3, -0.25) is 0 Å². The molecule has 0 spiro atoms. The van der Waals surface area contributed by atoms with E-state index in [9.17, 15) is 18.0 Å². The van der Waals surface area contributed by atoms with E-state index in [0.717, 1.165) is 13.1 Å². The standard InChI is InChI=1S/C15H15F3N2O3.ClH/c16-15(17,18)23-13-3-1-10(2-4-13)9-22-14(21)20-7-11-5-19-6-12(11)8-20;/h1-4,19H,5-9H2;1H. The van der Waals surface area contributed by atoms with Crippen molar-refractivity contribution in [3.63, 3.8) is 0 Å². The Balaban J connectivity index is 0.00000208. The lowest BCUT2D eigenvalue weighted by molar-refractivity contribution is -0.274. The highest BCUT2D eigenvalue weighted by molar-refractivity contribution is 5.85. The second kappa shape index (κ2) is 7.31. The molecule has 0 saturated carbocycles. The number of amides is 1. The predicted molar refractivity (Wildman–Crippen MR) is 82.0 cm³/mol. The maximum absolute atomic E-state index is 12.1. The highest BCUT2D eigenvalue weighted by atomic mass is 35.5. The van der Waals surface area contributed by atoms with E-state index in [1.807, 2.05) is 0 Å². The summed E-state index contributed by atoms with van der Waals surface area (Å²) in [4.78, 5) is 13.6. The number of alkyl halides is 3. The van der Waals surface area contributed by atoms with Crippen LogP contribution in [0.2, 0.25) is 0 Å². The molecule has 0 saturated heterocycles. The maximum atomic E-state index is 12.1. The zero-order valence-electron chi connectivity index (χ0n) is 12.6. The summed E-state index contributed by atoms with van der Waals surface area (Å²) in [5.74, 6) is -0.305. The van der Waals surface area contributed by atoms with Gasteiger partial charge in [-0.15, -0.1) is 25.6 Å². The Bertz CT molecular complexity index is 616. The SMILES string of the molecule is Cl.O=C(OCc1ccc(OC(F)(F)F)cc1)N1CC2=C(CNC2)C1.